The van der Waals surface area contributed by atoms with Gasteiger partial charge in [0.2, 0.25) is 0 Å². The predicted molar refractivity (Wildman–Crippen MR) is 68.0 cm³/mol. The summed E-state index contributed by atoms with van der Waals surface area (Å²) >= 11 is 0. The number of hydrogen-bond acceptors (Lipinski definition) is 1. The van der Waals surface area contributed by atoms with Crippen LogP contribution < -0.4 is 0 Å². The fourth-order valence-corrected chi connectivity index (χ4v) is 2.84. The fraction of sp³-hybridized carbons (Fsp3) is 0.600. The van der Waals surface area contributed by atoms with E-state index in [4.69, 9.17) is 4.74 Å². The van der Waals surface area contributed by atoms with Gasteiger partial charge >= 0.3 is 6.18 Å². The normalized spacial score (nSPS) is 24.4. The first-order valence-corrected chi connectivity index (χ1v) is 6.67. The zero-order chi connectivity index (χ0) is 13.9. The summed E-state index contributed by atoms with van der Waals surface area (Å²) in [4.78, 5) is 0. The molecular formula is C15H19F3O. The molecule has 0 spiro atoms. The third-order valence-corrected chi connectivity index (χ3v) is 3.96. The van der Waals surface area contributed by atoms with E-state index in [-0.39, 0.29) is 0 Å². The van der Waals surface area contributed by atoms with E-state index in [0.717, 1.165) is 37.9 Å². The van der Waals surface area contributed by atoms with Crippen LogP contribution in [0.15, 0.2) is 24.3 Å². The van der Waals surface area contributed by atoms with Crippen LogP contribution >= 0.6 is 0 Å². The van der Waals surface area contributed by atoms with Crippen LogP contribution in [0.4, 0.5) is 13.2 Å². The van der Waals surface area contributed by atoms with Crippen LogP contribution in [0.25, 0.3) is 0 Å². The second-order valence-electron chi connectivity index (χ2n) is 5.29. The van der Waals surface area contributed by atoms with Crippen LogP contribution in [0.3, 0.4) is 0 Å². The number of methoxy groups -OCH3 is 1. The van der Waals surface area contributed by atoms with Gasteiger partial charge in [-0.15, -0.1) is 0 Å². The average Bonchev–Trinajstić information content (AvgIpc) is 2.39. The molecule has 0 saturated heterocycles. The highest BCUT2D eigenvalue weighted by molar-refractivity contribution is 5.27. The van der Waals surface area contributed by atoms with Crippen molar-refractivity contribution in [2.45, 2.75) is 37.8 Å². The molecule has 1 saturated carbocycles. The highest BCUT2D eigenvalue weighted by Gasteiger charge is 2.30. The monoisotopic (exact) mass is 272 g/mol. The van der Waals surface area contributed by atoms with Crippen LogP contribution in [0.2, 0.25) is 0 Å². The van der Waals surface area contributed by atoms with E-state index >= 15 is 0 Å². The first-order chi connectivity index (χ1) is 9.00. The van der Waals surface area contributed by atoms with Gasteiger partial charge in [0.25, 0.3) is 0 Å². The molecule has 0 unspecified atom stereocenters. The van der Waals surface area contributed by atoms with Crippen LogP contribution in [-0.2, 0) is 10.9 Å². The van der Waals surface area contributed by atoms with Crippen LogP contribution in [0.5, 0.6) is 0 Å². The molecule has 1 aromatic carbocycles. The number of halogens is 3. The summed E-state index contributed by atoms with van der Waals surface area (Å²) in [6, 6.07) is 5.64. The number of rotatable bonds is 3. The Kier molecular flexibility index (Phi) is 4.50. The van der Waals surface area contributed by atoms with Crippen molar-refractivity contribution < 1.29 is 17.9 Å². The van der Waals surface area contributed by atoms with E-state index in [2.05, 4.69) is 0 Å². The minimum atomic E-state index is -4.24. The lowest BCUT2D eigenvalue weighted by Gasteiger charge is -2.28. The van der Waals surface area contributed by atoms with E-state index < -0.39 is 11.7 Å². The minimum absolute atomic E-state index is 0.399. The maximum absolute atomic E-state index is 12.5. The second kappa shape index (κ2) is 5.95. The lowest BCUT2D eigenvalue weighted by atomic mass is 9.79. The quantitative estimate of drug-likeness (QED) is 0.779. The minimum Gasteiger partial charge on any atom is -0.384 e. The molecule has 0 radical (unpaired) electrons. The van der Waals surface area contributed by atoms with Crippen molar-refractivity contribution >= 4 is 0 Å². The molecule has 0 atom stereocenters. The Labute approximate surface area is 111 Å². The Bertz CT molecular complexity index is 389. The summed E-state index contributed by atoms with van der Waals surface area (Å²) < 4.78 is 42.6. The van der Waals surface area contributed by atoms with E-state index in [1.54, 1.807) is 19.2 Å². The largest absolute Gasteiger partial charge is 0.416 e. The fourth-order valence-electron chi connectivity index (χ4n) is 2.84. The average molecular weight is 272 g/mol. The Balaban J connectivity index is 1.97. The molecule has 4 heteroatoms. The Morgan fingerprint density at radius 1 is 1.05 bits per heavy atom. The van der Waals surface area contributed by atoms with E-state index in [1.165, 1.54) is 12.1 Å². The molecule has 1 aliphatic carbocycles. The smallest absolute Gasteiger partial charge is 0.384 e. The molecule has 0 bridgehead atoms. The molecule has 1 nitrogen and oxygen atoms in total. The van der Waals surface area contributed by atoms with Crippen molar-refractivity contribution in [2.75, 3.05) is 13.7 Å². The Morgan fingerprint density at radius 3 is 2.11 bits per heavy atom. The summed E-state index contributed by atoms with van der Waals surface area (Å²) in [5.74, 6) is 1.01. The van der Waals surface area contributed by atoms with Crippen molar-refractivity contribution in [3.05, 3.63) is 35.4 Å². The van der Waals surface area contributed by atoms with E-state index in [1.807, 2.05) is 0 Å². The molecule has 0 N–H and O–H groups in total. The Hall–Kier alpha value is -1.03. The highest BCUT2D eigenvalue weighted by Crippen LogP contribution is 2.37. The van der Waals surface area contributed by atoms with Crippen molar-refractivity contribution in [1.29, 1.82) is 0 Å². The van der Waals surface area contributed by atoms with Crippen molar-refractivity contribution in [1.82, 2.24) is 0 Å². The van der Waals surface area contributed by atoms with Crippen molar-refractivity contribution in [3.63, 3.8) is 0 Å². The predicted octanol–water partition coefficient (Wildman–Crippen LogP) is 4.63. The maximum atomic E-state index is 12.5. The molecule has 1 aromatic rings. The van der Waals surface area contributed by atoms with Gasteiger partial charge in [-0.25, -0.2) is 0 Å². The van der Waals surface area contributed by atoms with Crippen molar-refractivity contribution in [3.8, 4) is 0 Å². The topological polar surface area (TPSA) is 9.23 Å². The van der Waals surface area contributed by atoms with Gasteiger partial charge in [0.05, 0.1) is 5.56 Å². The standard InChI is InChI=1S/C15H19F3O/c1-19-10-11-2-4-12(5-3-11)13-6-8-14(9-7-13)15(16,17)18/h6-9,11-12H,2-5,10H2,1H3/t11-,12-. The molecule has 19 heavy (non-hydrogen) atoms. The first kappa shape index (κ1) is 14.4. The summed E-state index contributed by atoms with van der Waals surface area (Å²) in [6.07, 6.45) is 0.0342. The van der Waals surface area contributed by atoms with Crippen molar-refractivity contribution in [2.24, 2.45) is 5.92 Å². The molecule has 0 aromatic heterocycles. The van der Waals surface area contributed by atoms with Gasteiger partial charge in [-0.2, -0.15) is 13.2 Å². The van der Waals surface area contributed by atoms with Gasteiger partial charge in [-0.05, 0) is 55.2 Å². The third kappa shape index (κ3) is 3.72. The molecule has 106 valence electrons. The second-order valence-corrected chi connectivity index (χ2v) is 5.29. The number of ether oxygens (including phenoxy) is 1. The van der Waals surface area contributed by atoms with Gasteiger partial charge in [0, 0.05) is 13.7 Å². The molecule has 1 aliphatic rings. The zero-order valence-electron chi connectivity index (χ0n) is 11.0. The number of benzene rings is 1. The zero-order valence-corrected chi connectivity index (χ0v) is 11.0. The highest BCUT2D eigenvalue weighted by atomic mass is 19.4. The van der Waals surface area contributed by atoms with Crippen LogP contribution in [0, 0.1) is 5.92 Å². The lowest BCUT2D eigenvalue weighted by Crippen LogP contribution is -2.17. The van der Waals surface area contributed by atoms with Gasteiger partial charge in [0.1, 0.15) is 0 Å². The molecule has 0 heterocycles. The number of hydrogen-bond donors (Lipinski definition) is 0. The summed E-state index contributed by atoms with van der Waals surface area (Å²) in [6.45, 7) is 0.791. The van der Waals surface area contributed by atoms with E-state index in [9.17, 15) is 13.2 Å². The molecule has 2 rings (SSSR count). The summed E-state index contributed by atoms with van der Waals surface area (Å²) in [7, 11) is 1.71. The number of alkyl halides is 3. The maximum Gasteiger partial charge on any atom is 0.416 e. The summed E-state index contributed by atoms with van der Waals surface area (Å²) in [5.41, 5.74) is 0.466. The van der Waals surface area contributed by atoms with Crippen LogP contribution in [-0.4, -0.2) is 13.7 Å². The SMILES string of the molecule is COC[C@H]1CC[C@H](c2ccc(C(F)(F)F)cc2)CC1. The van der Waals surface area contributed by atoms with Gasteiger partial charge in [0.15, 0.2) is 0 Å². The summed E-state index contributed by atoms with van der Waals surface area (Å²) in [5, 5.41) is 0. The third-order valence-electron chi connectivity index (χ3n) is 3.96. The molecule has 1 fully saturated rings. The molecule has 0 amide bonds. The van der Waals surface area contributed by atoms with Gasteiger partial charge in [-0.3, -0.25) is 0 Å². The van der Waals surface area contributed by atoms with Crippen LogP contribution in [0.1, 0.15) is 42.7 Å². The first-order valence-electron chi connectivity index (χ1n) is 6.67. The molecule has 0 aliphatic heterocycles. The van der Waals surface area contributed by atoms with Gasteiger partial charge in [-0.1, -0.05) is 12.1 Å². The van der Waals surface area contributed by atoms with E-state index in [0.29, 0.717) is 11.8 Å². The van der Waals surface area contributed by atoms with Gasteiger partial charge < -0.3 is 4.74 Å². The molecular weight excluding hydrogens is 253 g/mol. The Morgan fingerprint density at radius 2 is 1.63 bits per heavy atom. The lowest BCUT2D eigenvalue weighted by molar-refractivity contribution is -0.137.